The number of hydrogen-bond acceptors (Lipinski definition) is 10. The lowest BCUT2D eigenvalue weighted by Gasteiger charge is -2.25. The number of fused-ring (bicyclic) bond motifs is 1. The van der Waals surface area contributed by atoms with E-state index in [4.69, 9.17) is 35.8 Å². The molecule has 7 rings (SSSR count). The topological polar surface area (TPSA) is 87.4 Å². The summed E-state index contributed by atoms with van der Waals surface area (Å²) in [6, 6.07) is 23.9. The Kier molecular flexibility index (Phi) is 9.68. The summed E-state index contributed by atoms with van der Waals surface area (Å²) < 4.78 is 19.3. The maximum Gasteiger partial charge on any atom is 0.202 e. The lowest BCUT2D eigenvalue weighted by molar-refractivity contribution is 0.0330. The Labute approximate surface area is 286 Å². The lowest BCUT2D eigenvalue weighted by atomic mass is 10.1. The van der Waals surface area contributed by atoms with Gasteiger partial charge in [0.25, 0.3) is 0 Å². The molecule has 6 aromatic rings. The SMILES string of the molecule is CCOc1ccc(OCc2nnc(Sc3nc(CN4CCOCC4)nc4scc(-c5ccccc5)c34)n2-c2ccc(C)c(Cl)c2)cc1. The minimum atomic E-state index is 0.197. The summed E-state index contributed by atoms with van der Waals surface area (Å²) in [7, 11) is 0. The number of aryl methyl sites for hydroxylation is 1. The molecule has 0 bridgehead atoms. The van der Waals surface area contributed by atoms with Gasteiger partial charge in [-0.15, -0.1) is 21.5 Å². The molecule has 3 aromatic heterocycles. The van der Waals surface area contributed by atoms with E-state index in [0.29, 0.717) is 48.1 Å². The van der Waals surface area contributed by atoms with Gasteiger partial charge in [-0.3, -0.25) is 9.47 Å². The first-order valence-electron chi connectivity index (χ1n) is 15.4. The first kappa shape index (κ1) is 31.6. The zero-order chi connectivity index (χ0) is 32.2. The maximum atomic E-state index is 6.64. The number of thiophene rings is 1. The molecule has 0 saturated carbocycles. The van der Waals surface area contributed by atoms with Crippen LogP contribution in [0.3, 0.4) is 0 Å². The fourth-order valence-electron chi connectivity index (χ4n) is 5.36. The Morgan fingerprint density at radius 3 is 2.45 bits per heavy atom. The van der Waals surface area contributed by atoms with Gasteiger partial charge in [-0.1, -0.05) is 48.0 Å². The first-order chi connectivity index (χ1) is 23.1. The molecule has 1 aliphatic heterocycles. The molecule has 9 nitrogen and oxygen atoms in total. The maximum absolute atomic E-state index is 6.64. The van der Waals surface area contributed by atoms with Crippen molar-refractivity contribution in [1.29, 1.82) is 0 Å². The van der Waals surface area contributed by atoms with Crippen LogP contribution in [0.1, 0.15) is 24.1 Å². The van der Waals surface area contributed by atoms with E-state index in [9.17, 15) is 0 Å². The second kappa shape index (κ2) is 14.4. The fourth-order valence-corrected chi connectivity index (χ4v) is 7.58. The third-order valence-electron chi connectivity index (χ3n) is 7.80. The molecule has 1 fully saturated rings. The summed E-state index contributed by atoms with van der Waals surface area (Å²) in [6.45, 7) is 8.52. The van der Waals surface area contributed by atoms with Crippen LogP contribution in [0.4, 0.5) is 0 Å². The second-order valence-corrected chi connectivity index (χ2v) is 13.2. The van der Waals surface area contributed by atoms with E-state index in [1.54, 1.807) is 11.3 Å². The average molecular weight is 685 g/mol. The minimum Gasteiger partial charge on any atom is -0.494 e. The fraction of sp³-hybridized carbons (Fsp3) is 0.257. The first-order valence-corrected chi connectivity index (χ1v) is 17.5. The minimum absolute atomic E-state index is 0.197. The number of nitrogens with zero attached hydrogens (tertiary/aromatic N) is 6. The molecule has 0 radical (unpaired) electrons. The van der Waals surface area contributed by atoms with Gasteiger partial charge in [0.05, 0.1) is 37.4 Å². The Hall–Kier alpha value is -4.00. The van der Waals surface area contributed by atoms with Crippen LogP contribution in [0.2, 0.25) is 5.02 Å². The molecule has 1 aliphatic rings. The highest BCUT2D eigenvalue weighted by Gasteiger charge is 2.23. The van der Waals surface area contributed by atoms with Crippen LogP contribution in [0.5, 0.6) is 11.5 Å². The van der Waals surface area contributed by atoms with Crippen LogP contribution < -0.4 is 9.47 Å². The summed E-state index contributed by atoms with van der Waals surface area (Å²) in [5.41, 5.74) is 4.03. The number of benzene rings is 3. The molecule has 0 spiro atoms. The molecular weight excluding hydrogens is 652 g/mol. The van der Waals surface area contributed by atoms with Gasteiger partial charge in [-0.2, -0.15) is 0 Å². The molecule has 0 unspecified atom stereocenters. The summed E-state index contributed by atoms with van der Waals surface area (Å²) in [4.78, 5) is 13.5. The quantitative estimate of drug-likeness (QED) is 0.127. The molecule has 0 amide bonds. The van der Waals surface area contributed by atoms with E-state index in [-0.39, 0.29) is 6.61 Å². The van der Waals surface area contributed by atoms with Gasteiger partial charge in [-0.25, -0.2) is 9.97 Å². The largest absolute Gasteiger partial charge is 0.494 e. The standard InChI is InChI=1S/C35H33ClN6O3S2/c1-3-44-26-11-13-27(14-12-26)45-21-31-39-40-35(42(31)25-10-9-23(2)29(36)19-25)47-34-32-28(24-7-5-4-6-8-24)22-46-33(32)37-30(38-34)20-41-15-17-43-18-16-41/h4-14,19,22H,3,15-18,20-21H2,1-2H3. The van der Waals surface area contributed by atoms with Crippen molar-refractivity contribution in [3.63, 3.8) is 0 Å². The number of morpholine rings is 1. The van der Waals surface area contributed by atoms with Crippen LogP contribution >= 0.6 is 34.7 Å². The van der Waals surface area contributed by atoms with Crippen LogP contribution in [0.25, 0.3) is 27.0 Å². The number of hydrogen-bond donors (Lipinski definition) is 0. The van der Waals surface area contributed by atoms with Crippen molar-refractivity contribution in [3.8, 4) is 28.3 Å². The predicted molar refractivity (Wildman–Crippen MR) is 186 cm³/mol. The highest BCUT2D eigenvalue weighted by molar-refractivity contribution is 7.99. The summed E-state index contributed by atoms with van der Waals surface area (Å²) in [6.07, 6.45) is 0. The van der Waals surface area contributed by atoms with Gasteiger partial charge >= 0.3 is 0 Å². The Morgan fingerprint density at radius 1 is 0.936 bits per heavy atom. The van der Waals surface area contributed by atoms with Crippen molar-refractivity contribution < 1.29 is 14.2 Å². The molecule has 0 N–H and O–H groups in total. The number of ether oxygens (including phenoxy) is 3. The average Bonchev–Trinajstić information content (AvgIpc) is 3.71. The van der Waals surface area contributed by atoms with E-state index >= 15 is 0 Å². The Bertz CT molecular complexity index is 1980. The third kappa shape index (κ3) is 7.14. The third-order valence-corrected chi connectivity index (χ3v) is 10.0. The number of aromatic nitrogens is 5. The molecule has 0 atom stereocenters. The van der Waals surface area contributed by atoms with E-state index in [0.717, 1.165) is 62.3 Å². The smallest absolute Gasteiger partial charge is 0.202 e. The zero-order valence-corrected chi connectivity index (χ0v) is 28.4. The van der Waals surface area contributed by atoms with Gasteiger partial charge in [0.1, 0.15) is 33.8 Å². The Balaban J connectivity index is 1.28. The van der Waals surface area contributed by atoms with Crippen LogP contribution in [-0.2, 0) is 17.9 Å². The lowest BCUT2D eigenvalue weighted by Crippen LogP contribution is -2.36. The van der Waals surface area contributed by atoms with Gasteiger partial charge < -0.3 is 14.2 Å². The summed E-state index contributed by atoms with van der Waals surface area (Å²) in [5, 5.41) is 14.6. The van der Waals surface area contributed by atoms with Crippen LogP contribution in [0.15, 0.2) is 88.4 Å². The molecule has 12 heteroatoms. The van der Waals surface area contributed by atoms with Gasteiger partial charge in [0, 0.05) is 29.1 Å². The van der Waals surface area contributed by atoms with Gasteiger partial charge in [-0.05, 0) is 73.1 Å². The Morgan fingerprint density at radius 2 is 1.70 bits per heavy atom. The molecule has 1 saturated heterocycles. The zero-order valence-electron chi connectivity index (χ0n) is 26.1. The number of halogens is 1. The molecule has 3 aromatic carbocycles. The van der Waals surface area contributed by atoms with Crippen molar-refractivity contribution >= 4 is 44.9 Å². The van der Waals surface area contributed by atoms with Gasteiger partial charge in [0.15, 0.2) is 5.82 Å². The summed E-state index contributed by atoms with van der Waals surface area (Å²) >= 11 is 9.74. The second-order valence-electron chi connectivity index (χ2n) is 11.0. The van der Waals surface area contributed by atoms with Crippen LogP contribution in [-0.4, -0.2) is 62.5 Å². The summed E-state index contributed by atoms with van der Waals surface area (Å²) in [5.74, 6) is 2.90. The van der Waals surface area contributed by atoms with E-state index in [2.05, 4.69) is 32.6 Å². The molecule has 0 aliphatic carbocycles. The van der Waals surface area contributed by atoms with E-state index < -0.39 is 0 Å². The van der Waals surface area contributed by atoms with Crippen molar-refractivity contribution in [3.05, 3.63) is 100 Å². The number of rotatable bonds is 11. The molecule has 47 heavy (non-hydrogen) atoms. The molecule has 240 valence electrons. The van der Waals surface area contributed by atoms with Crippen molar-refractivity contribution in [2.45, 2.75) is 37.2 Å². The monoisotopic (exact) mass is 684 g/mol. The van der Waals surface area contributed by atoms with Crippen molar-refractivity contribution in [2.75, 3.05) is 32.9 Å². The van der Waals surface area contributed by atoms with Crippen molar-refractivity contribution in [1.82, 2.24) is 29.6 Å². The van der Waals surface area contributed by atoms with Crippen LogP contribution in [0, 0.1) is 6.92 Å². The predicted octanol–water partition coefficient (Wildman–Crippen LogP) is 7.86. The van der Waals surface area contributed by atoms with Gasteiger partial charge in [0.2, 0.25) is 5.16 Å². The highest BCUT2D eigenvalue weighted by atomic mass is 35.5. The van der Waals surface area contributed by atoms with Crippen molar-refractivity contribution in [2.24, 2.45) is 0 Å². The van der Waals surface area contributed by atoms with E-state index in [1.165, 1.54) is 11.8 Å². The normalized spacial score (nSPS) is 13.7. The van der Waals surface area contributed by atoms with E-state index in [1.807, 2.05) is 79.1 Å². The molecular formula is C35H33ClN6O3S2. The highest BCUT2D eigenvalue weighted by Crippen LogP contribution is 2.41. The molecule has 4 heterocycles.